The molecule has 160 valence electrons. The van der Waals surface area contributed by atoms with Crippen molar-refractivity contribution in [3.63, 3.8) is 0 Å². The fraction of sp³-hybridized carbons (Fsp3) is 0.269. The molecule has 5 heteroatoms. The van der Waals surface area contributed by atoms with Gasteiger partial charge in [-0.15, -0.1) is 0 Å². The number of carbonyl (C=O) groups is 1. The highest BCUT2D eigenvalue weighted by Gasteiger charge is 2.24. The van der Waals surface area contributed by atoms with Gasteiger partial charge in [0.05, 0.1) is 14.2 Å². The maximum absolute atomic E-state index is 13.3. The molecule has 0 saturated carbocycles. The Hall–Kier alpha value is -3.31. The summed E-state index contributed by atoms with van der Waals surface area (Å²) >= 11 is 0. The summed E-state index contributed by atoms with van der Waals surface area (Å²) in [7, 11) is 3.36. The fourth-order valence-corrected chi connectivity index (χ4v) is 4.06. The van der Waals surface area contributed by atoms with E-state index in [9.17, 15) is 4.79 Å². The first-order valence-corrected chi connectivity index (χ1v) is 10.6. The minimum absolute atomic E-state index is 0.0954. The number of nitrogens with zero attached hydrogens (tertiary/aromatic N) is 2. The molecule has 1 heterocycles. The zero-order valence-electron chi connectivity index (χ0n) is 18.1. The van der Waals surface area contributed by atoms with Crippen molar-refractivity contribution in [1.29, 1.82) is 0 Å². The Labute approximate surface area is 183 Å². The highest BCUT2D eigenvalue weighted by Crippen LogP contribution is 2.27. The van der Waals surface area contributed by atoms with Crippen molar-refractivity contribution in [3.05, 3.63) is 83.9 Å². The summed E-state index contributed by atoms with van der Waals surface area (Å²) in [5.41, 5.74) is 3.90. The van der Waals surface area contributed by atoms with Gasteiger partial charge in [0, 0.05) is 43.9 Å². The molecule has 1 amide bonds. The molecule has 5 nitrogen and oxygen atoms in total. The summed E-state index contributed by atoms with van der Waals surface area (Å²) in [6, 6.07) is 23.8. The third kappa shape index (κ3) is 4.72. The molecule has 1 aliphatic rings. The van der Waals surface area contributed by atoms with Gasteiger partial charge in [-0.2, -0.15) is 0 Å². The number of methoxy groups -OCH3 is 2. The molecular weight excluding hydrogens is 388 g/mol. The van der Waals surface area contributed by atoms with Gasteiger partial charge in [0.25, 0.3) is 5.91 Å². The summed E-state index contributed by atoms with van der Waals surface area (Å²) in [5, 5.41) is 0. The molecule has 3 aromatic rings. The predicted molar refractivity (Wildman–Crippen MR) is 123 cm³/mol. The number of hydrogen-bond acceptors (Lipinski definition) is 4. The van der Waals surface area contributed by atoms with E-state index in [2.05, 4.69) is 4.90 Å². The van der Waals surface area contributed by atoms with E-state index in [0.29, 0.717) is 13.1 Å². The number of benzene rings is 3. The lowest BCUT2D eigenvalue weighted by Gasteiger charge is -2.35. The van der Waals surface area contributed by atoms with Gasteiger partial charge in [0.15, 0.2) is 0 Å². The van der Waals surface area contributed by atoms with E-state index in [1.807, 2.05) is 77.7 Å². The van der Waals surface area contributed by atoms with E-state index in [1.54, 1.807) is 14.2 Å². The molecule has 1 fully saturated rings. The van der Waals surface area contributed by atoms with Crippen molar-refractivity contribution >= 4 is 5.91 Å². The second-order valence-electron chi connectivity index (χ2n) is 7.66. The van der Waals surface area contributed by atoms with Gasteiger partial charge in [-0.25, -0.2) is 0 Å². The number of carbonyl (C=O) groups excluding carboxylic acids is 1. The van der Waals surface area contributed by atoms with Gasteiger partial charge < -0.3 is 14.4 Å². The zero-order chi connectivity index (χ0) is 21.6. The van der Waals surface area contributed by atoms with Gasteiger partial charge in [-0.1, -0.05) is 48.5 Å². The molecule has 0 unspecified atom stereocenters. The number of amides is 1. The quantitative estimate of drug-likeness (QED) is 0.600. The van der Waals surface area contributed by atoms with Crippen LogP contribution in [0.3, 0.4) is 0 Å². The Kier molecular flexibility index (Phi) is 6.53. The van der Waals surface area contributed by atoms with Crippen molar-refractivity contribution in [2.75, 3.05) is 40.4 Å². The number of rotatable bonds is 6. The van der Waals surface area contributed by atoms with E-state index < -0.39 is 0 Å². The van der Waals surface area contributed by atoms with Gasteiger partial charge in [0.1, 0.15) is 11.5 Å². The molecule has 0 radical (unpaired) electrons. The SMILES string of the molecule is COc1ccc(OC)c(CN2CCN(C(=O)c3ccccc3-c3ccccc3)CC2)c1. The first-order chi connectivity index (χ1) is 15.2. The molecule has 1 saturated heterocycles. The number of hydrogen-bond donors (Lipinski definition) is 0. The van der Waals surface area contributed by atoms with E-state index in [4.69, 9.17) is 9.47 Å². The van der Waals surface area contributed by atoms with Crippen molar-refractivity contribution in [3.8, 4) is 22.6 Å². The van der Waals surface area contributed by atoms with Gasteiger partial charge in [0.2, 0.25) is 0 Å². The average Bonchev–Trinajstić information content (AvgIpc) is 2.84. The van der Waals surface area contributed by atoms with Crippen molar-refractivity contribution in [2.24, 2.45) is 0 Å². The van der Waals surface area contributed by atoms with Crippen LogP contribution in [0.4, 0.5) is 0 Å². The van der Waals surface area contributed by atoms with Crippen molar-refractivity contribution in [2.45, 2.75) is 6.54 Å². The largest absolute Gasteiger partial charge is 0.497 e. The van der Waals surface area contributed by atoms with Crippen LogP contribution in [0.2, 0.25) is 0 Å². The monoisotopic (exact) mass is 416 g/mol. The van der Waals surface area contributed by atoms with Crippen LogP contribution >= 0.6 is 0 Å². The third-order valence-electron chi connectivity index (χ3n) is 5.78. The second kappa shape index (κ2) is 9.67. The van der Waals surface area contributed by atoms with Gasteiger partial charge >= 0.3 is 0 Å². The lowest BCUT2D eigenvalue weighted by Crippen LogP contribution is -2.48. The van der Waals surface area contributed by atoms with Crippen LogP contribution in [0.15, 0.2) is 72.8 Å². The van der Waals surface area contributed by atoms with E-state index in [-0.39, 0.29) is 5.91 Å². The Morgan fingerprint density at radius 2 is 1.55 bits per heavy atom. The van der Waals surface area contributed by atoms with Gasteiger partial charge in [-0.3, -0.25) is 9.69 Å². The third-order valence-corrected chi connectivity index (χ3v) is 5.78. The second-order valence-corrected chi connectivity index (χ2v) is 7.66. The van der Waals surface area contributed by atoms with Crippen LogP contribution in [0, 0.1) is 0 Å². The van der Waals surface area contributed by atoms with E-state index in [0.717, 1.165) is 53.4 Å². The van der Waals surface area contributed by atoms with E-state index >= 15 is 0 Å². The predicted octanol–water partition coefficient (Wildman–Crippen LogP) is 4.33. The molecule has 0 spiro atoms. The average molecular weight is 417 g/mol. The summed E-state index contributed by atoms with van der Waals surface area (Å²) in [5.74, 6) is 1.77. The summed E-state index contributed by atoms with van der Waals surface area (Å²) in [4.78, 5) is 17.6. The first kappa shape index (κ1) is 20.9. The lowest BCUT2D eigenvalue weighted by atomic mass is 9.98. The molecule has 0 bridgehead atoms. The van der Waals surface area contributed by atoms with Crippen LogP contribution in [0.5, 0.6) is 11.5 Å². The van der Waals surface area contributed by atoms with E-state index in [1.165, 1.54) is 0 Å². The van der Waals surface area contributed by atoms with Crippen LogP contribution in [-0.4, -0.2) is 56.1 Å². The molecule has 4 rings (SSSR count). The normalized spacial score (nSPS) is 14.3. The molecule has 0 aliphatic carbocycles. The highest BCUT2D eigenvalue weighted by atomic mass is 16.5. The Morgan fingerprint density at radius 3 is 2.26 bits per heavy atom. The summed E-state index contributed by atoms with van der Waals surface area (Å²) in [6.07, 6.45) is 0. The molecule has 31 heavy (non-hydrogen) atoms. The Morgan fingerprint density at radius 1 is 0.839 bits per heavy atom. The topological polar surface area (TPSA) is 42.0 Å². The lowest BCUT2D eigenvalue weighted by molar-refractivity contribution is 0.0628. The molecular formula is C26H28N2O3. The molecule has 1 aliphatic heterocycles. The maximum Gasteiger partial charge on any atom is 0.254 e. The zero-order valence-corrected chi connectivity index (χ0v) is 18.1. The summed E-state index contributed by atoms with van der Waals surface area (Å²) in [6.45, 7) is 3.81. The first-order valence-electron chi connectivity index (χ1n) is 10.6. The molecule has 0 N–H and O–H groups in total. The highest BCUT2D eigenvalue weighted by molar-refractivity contribution is 6.00. The fourth-order valence-electron chi connectivity index (χ4n) is 4.06. The Balaban J connectivity index is 1.44. The smallest absolute Gasteiger partial charge is 0.254 e. The van der Waals surface area contributed by atoms with Crippen LogP contribution in [-0.2, 0) is 6.54 Å². The van der Waals surface area contributed by atoms with Crippen LogP contribution in [0.1, 0.15) is 15.9 Å². The minimum Gasteiger partial charge on any atom is -0.497 e. The maximum atomic E-state index is 13.3. The standard InChI is InChI=1S/C26H28N2O3/c1-30-22-12-13-25(31-2)21(18-22)19-27-14-16-28(17-15-27)26(29)24-11-7-6-10-23(24)20-8-4-3-5-9-20/h3-13,18H,14-17,19H2,1-2H3. The van der Waals surface area contributed by atoms with Crippen molar-refractivity contribution in [1.82, 2.24) is 9.80 Å². The van der Waals surface area contributed by atoms with Crippen molar-refractivity contribution < 1.29 is 14.3 Å². The molecule has 0 aromatic heterocycles. The molecule has 3 aromatic carbocycles. The van der Waals surface area contributed by atoms with Gasteiger partial charge in [-0.05, 0) is 35.4 Å². The Bertz CT molecular complexity index is 1030. The molecule has 0 atom stereocenters. The minimum atomic E-state index is 0.0954. The van der Waals surface area contributed by atoms with Crippen LogP contribution in [0.25, 0.3) is 11.1 Å². The number of ether oxygens (including phenoxy) is 2. The van der Waals surface area contributed by atoms with Crippen LogP contribution < -0.4 is 9.47 Å². The summed E-state index contributed by atoms with van der Waals surface area (Å²) < 4.78 is 10.9. The number of piperazine rings is 1.